The van der Waals surface area contributed by atoms with Gasteiger partial charge < -0.3 is 10.1 Å². The Labute approximate surface area is 149 Å². The van der Waals surface area contributed by atoms with E-state index in [-0.39, 0.29) is 5.75 Å². The van der Waals surface area contributed by atoms with Gasteiger partial charge in [-0.3, -0.25) is 0 Å². The number of fused-ring (bicyclic) bond motifs is 1. The number of aromatic amines is 1. The van der Waals surface area contributed by atoms with Crippen molar-refractivity contribution in [3.05, 3.63) is 78.7 Å². The summed E-state index contributed by atoms with van der Waals surface area (Å²) in [5.74, 6) is 0.264. The Kier molecular flexibility index (Phi) is 6.35. The molecular formula is C22H24N2O. The van der Waals surface area contributed by atoms with Gasteiger partial charge in [-0.1, -0.05) is 48.6 Å². The van der Waals surface area contributed by atoms with Crippen LogP contribution in [0.15, 0.2) is 73.1 Å². The summed E-state index contributed by atoms with van der Waals surface area (Å²) >= 11 is 0. The lowest BCUT2D eigenvalue weighted by Gasteiger charge is -2.02. The molecular weight excluding hydrogens is 308 g/mol. The third-order valence-corrected chi connectivity index (χ3v) is 3.54. The first-order valence-electron chi connectivity index (χ1n) is 8.20. The molecule has 0 aliphatic rings. The van der Waals surface area contributed by atoms with E-state index in [2.05, 4.69) is 22.6 Å². The predicted molar refractivity (Wildman–Crippen MR) is 108 cm³/mol. The first kappa shape index (κ1) is 18.3. The first-order chi connectivity index (χ1) is 12.0. The number of nitrogens with zero attached hydrogens (tertiary/aromatic N) is 1. The summed E-state index contributed by atoms with van der Waals surface area (Å²) in [6, 6.07) is 9.29. The normalized spacial score (nSPS) is 10.4. The van der Waals surface area contributed by atoms with E-state index in [1.54, 1.807) is 18.2 Å². The molecule has 0 atom stereocenters. The van der Waals surface area contributed by atoms with Crippen molar-refractivity contribution >= 4 is 17.1 Å². The summed E-state index contributed by atoms with van der Waals surface area (Å²) in [4.78, 5) is 7.57. The van der Waals surface area contributed by atoms with Gasteiger partial charge >= 0.3 is 0 Å². The maximum absolute atomic E-state index is 9.55. The number of pyridine rings is 1. The zero-order chi connectivity index (χ0) is 18.2. The molecule has 3 aromatic rings. The number of hydrogen-bond acceptors (Lipinski definition) is 2. The Morgan fingerprint density at radius 3 is 2.60 bits per heavy atom. The fraction of sp³-hybridized carbons (Fsp3) is 0.136. The number of nitrogens with one attached hydrogen (secondary N) is 1. The highest BCUT2D eigenvalue weighted by atomic mass is 16.3. The maximum atomic E-state index is 9.55. The summed E-state index contributed by atoms with van der Waals surface area (Å²) in [5.41, 5.74) is 5.24. The summed E-state index contributed by atoms with van der Waals surface area (Å²) in [5, 5.41) is 10.6. The highest BCUT2D eigenvalue weighted by Crippen LogP contribution is 2.27. The van der Waals surface area contributed by atoms with Crippen molar-refractivity contribution in [2.45, 2.75) is 20.8 Å². The summed E-state index contributed by atoms with van der Waals surface area (Å²) in [6.07, 6.45) is 11.6. The lowest BCUT2D eigenvalue weighted by atomic mass is 10.1. The number of benzene rings is 1. The van der Waals surface area contributed by atoms with E-state index in [0.29, 0.717) is 0 Å². The van der Waals surface area contributed by atoms with Gasteiger partial charge in [0.25, 0.3) is 0 Å². The van der Waals surface area contributed by atoms with Crippen LogP contribution >= 0.6 is 0 Å². The molecule has 3 heteroatoms. The monoisotopic (exact) mass is 332 g/mol. The molecule has 2 N–H and O–H groups in total. The van der Waals surface area contributed by atoms with Gasteiger partial charge in [0.1, 0.15) is 11.4 Å². The Balaban J connectivity index is 0.000000326. The minimum atomic E-state index is 0.264. The third kappa shape index (κ3) is 4.95. The average Bonchev–Trinajstić information content (AvgIpc) is 2.98. The lowest BCUT2D eigenvalue weighted by molar-refractivity contribution is 0.475. The van der Waals surface area contributed by atoms with Gasteiger partial charge in [-0.25, -0.2) is 4.98 Å². The molecule has 25 heavy (non-hydrogen) atoms. The molecule has 3 nitrogen and oxygen atoms in total. The van der Waals surface area contributed by atoms with Crippen LogP contribution in [0.4, 0.5) is 0 Å². The van der Waals surface area contributed by atoms with Crippen molar-refractivity contribution in [2.24, 2.45) is 0 Å². The molecule has 0 radical (unpaired) electrons. The van der Waals surface area contributed by atoms with Gasteiger partial charge in [0.05, 0.1) is 0 Å². The number of phenols is 1. The average molecular weight is 332 g/mol. The van der Waals surface area contributed by atoms with Crippen molar-refractivity contribution in [3.8, 4) is 16.9 Å². The second-order valence-electron chi connectivity index (χ2n) is 5.89. The number of aromatic hydroxyl groups is 1. The molecule has 1 aromatic carbocycles. The van der Waals surface area contributed by atoms with E-state index < -0.39 is 0 Å². The predicted octanol–water partition coefficient (Wildman–Crippen LogP) is 6.11. The minimum Gasteiger partial charge on any atom is -0.508 e. The molecule has 0 unspecified atom stereocenters. The molecule has 0 aliphatic heterocycles. The van der Waals surface area contributed by atoms with E-state index in [9.17, 15) is 5.11 Å². The van der Waals surface area contributed by atoms with Crippen LogP contribution in [0.1, 0.15) is 26.3 Å². The Hall–Kier alpha value is -3.07. The third-order valence-electron chi connectivity index (χ3n) is 3.54. The van der Waals surface area contributed by atoms with Gasteiger partial charge in [0.2, 0.25) is 0 Å². The smallest absolute Gasteiger partial charge is 0.137 e. The van der Waals surface area contributed by atoms with Crippen molar-refractivity contribution in [2.75, 3.05) is 0 Å². The van der Waals surface area contributed by atoms with Crippen LogP contribution in [0.5, 0.6) is 5.75 Å². The van der Waals surface area contributed by atoms with Crippen LogP contribution in [0, 0.1) is 0 Å². The Bertz CT molecular complexity index is 913. The van der Waals surface area contributed by atoms with E-state index in [1.165, 1.54) is 5.57 Å². The molecule has 0 aliphatic carbocycles. The fourth-order valence-corrected chi connectivity index (χ4v) is 2.42. The van der Waals surface area contributed by atoms with E-state index >= 15 is 0 Å². The maximum Gasteiger partial charge on any atom is 0.137 e. The number of allylic oxidation sites excluding steroid dienone is 4. The highest BCUT2D eigenvalue weighted by Gasteiger charge is 2.05. The van der Waals surface area contributed by atoms with Gasteiger partial charge in [-0.15, -0.1) is 0 Å². The minimum absolute atomic E-state index is 0.264. The lowest BCUT2D eigenvalue weighted by Crippen LogP contribution is -1.82. The zero-order valence-corrected chi connectivity index (χ0v) is 15.0. The van der Waals surface area contributed by atoms with Crippen molar-refractivity contribution in [3.63, 3.8) is 0 Å². The fourth-order valence-electron chi connectivity index (χ4n) is 2.42. The SMILES string of the molecule is C/C=C/c1c[nH]c2ncc(-c3cccc(O)c3)cc12.C=CC=C(C)C. The number of aromatic nitrogens is 2. The van der Waals surface area contributed by atoms with Crippen molar-refractivity contribution in [1.82, 2.24) is 9.97 Å². The molecule has 0 spiro atoms. The molecule has 0 saturated carbocycles. The quantitative estimate of drug-likeness (QED) is 0.569. The number of rotatable bonds is 3. The second kappa shape index (κ2) is 8.69. The van der Waals surface area contributed by atoms with Crippen LogP contribution in [0.25, 0.3) is 28.2 Å². The molecule has 0 amide bonds. The van der Waals surface area contributed by atoms with E-state index in [0.717, 1.165) is 27.7 Å². The first-order valence-corrected chi connectivity index (χ1v) is 8.20. The van der Waals surface area contributed by atoms with E-state index in [4.69, 9.17) is 0 Å². The Morgan fingerprint density at radius 2 is 2.00 bits per heavy atom. The number of hydrogen-bond donors (Lipinski definition) is 2. The van der Waals surface area contributed by atoms with Crippen molar-refractivity contribution < 1.29 is 5.11 Å². The Morgan fingerprint density at radius 1 is 1.20 bits per heavy atom. The summed E-state index contributed by atoms with van der Waals surface area (Å²) in [6.45, 7) is 9.60. The van der Waals surface area contributed by atoms with Crippen LogP contribution in [-0.4, -0.2) is 15.1 Å². The molecule has 2 heterocycles. The van der Waals surface area contributed by atoms with Gasteiger partial charge in [0, 0.05) is 28.9 Å². The van der Waals surface area contributed by atoms with Gasteiger partial charge in [0.15, 0.2) is 0 Å². The van der Waals surface area contributed by atoms with Gasteiger partial charge in [-0.05, 0) is 44.5 Å². The van der Waals surface area contributed by atoms with Gasteiger partial charge in [-0.2, -0.15) is 0 Å². The molecule has 0 fully saturated rings. The second-order valence-corrected chi connectivity index (χ2v) is 5.89. The largest absolute Gasteiger partial charge is 0.508 e. The molecule has 2 aromatic heterocycles. The molecule has 128 valence electrons. The molecule has 3 rings (SSSR count). The standard InChI is InChI=1S/C16H14N2O.C6H10/c1-2-4-12-9-17-16-15(12)8-13(10-18-16)11-5-3-6-14(19)7-11;1-4-5-6(2)3/h2-10,19H,1H3,(H,17,18);4-5H,1H2,2-3H3/b4-2+;. The topological polar surface area (TPSA) is 48.9 Å². The zero-order valence-electron chi connectivity index (χ0n) is 15.0. The molecule has 0 bridgehead atoms. The van der Waals surface area contributed by atoms with Crippen LogP contribution < -0.4 is 0 Å². The summed E-state index contributed by atoms with van der Waals surface area (Å²) in [7, 11) is 0. The highest BCUT2D eigenvalue weighted by molar-refractivity contribution is 5.89. The summed E-state index contributed by atoms with van der Waals surface area (Å²) < 4.78 is 0. The van der Waals surface area contributed by atoms with Crippen molar-refractivity contribution in [1.29, 1.82) is 0 Å². The molecule has 0 saturated heterocycles. The van der Waals surface area contributed by atoms with Crippen LogP contribution in [0.3, 0.4) is 0 Å². The number of H-pyrrole nitrogens is 1. The van der Waals surface area contributed by atoms with E-state index in [1.807, 2.05) is 63.5 Å². The van der Waals surface area contributed by atoms with Crippen LogP contribution in [0.2, 0.25) is 0 Å². The van der Waals surface area contributed by atoms with Crippen LogP contribution in [-0.2, 0) is 0 Å². The number of phenolic OH excluding ortho intramolecular Hbond substituents is 1.